The second-order valence-corrected chi connectivity index (χ2v) is 3.92. The Bertz CT molecular complexity index is 581. The fraction of sp³-hybridized carbons (Fsp3) is 0.167. The Kier molecular flexibility index (Phi) is 4.14. The van der Waals surface area contributed by atoms with Gasteiger partial charge in [0.25, 0.3) is 0 Å². The van der Waals surface area contributed by atoms with Gasteiger partial charge in [-0.05, 0) is 31.3 Å². The minimum atomic E-state index is 0.488. The summed E-state index contributed by atoms with van der Waals surface area (Å²) in [5.41, 5.74) is 5.09. The first-order chi connectivity index (χ1) is 8.79. The maximum absolute atomic E-state index is 4.97. The van der Waals surface area contributed by atoms with Gasteiger partial charge in [-0.2, -0.15) is 5.10 Å². The van der Waals surface area contributed by atoms with Crippen molar-refractivity contribution in [2.75, 3.05) is 6.54 Å². The Morgan fingerprint density at radius 1 is 1.39 bits per heavy atom. The largest absolute Gasteiger partial charge is 0.362 e. The average Bonchev–Trinajstić information content (AvgIpc) is 2.39. The number of para-hydroxylation sites is 2. The van der Waals surface area contributed by atoms with E-state index >= 15 is 0 Å². The van der Waals surface area contributed by atoms with E-state index < -0.39 is 0 Å². The maximum atomic E-state index is 4.97. The number of hydrazone groups is 1. The summed E-state index contributed by atoms with van der Waals surface area (Å²) in [6.45, 7) is 2.73. The number of benzene rings is 1. The predicted octanol–water partition coefficient (Wildman–Crippen LogP) is 1.45. The molecule has 0 atom stereocenters. The zero-order valence-electron chi connectivity index (χ0n) is 9.92. The molecule has 1 aromatic carbocycles. The number of nitrogens with one attached hydrogen (secondary N) is 2. The molecule has 0 radical (unpaired) electrons. The van der Waals surface area contributed by atoms with Crippen LogP contribution >= 0.6 is 12.2 Å². The smallest absolute Gasteiger partial charge is 0.186 e. The molecule has 1 aromatic heterocycles. The first kappa shape index (κ1) is 12.4. The van der Waals surface area contributed by atoms with Gasteiger partial charge in [0, 0.05) is 6.54 Å². The van der Waals surface area contributed by atoms with Crippen LogP contribution in [0.1, 0.15) is 12.6 Å². The zero-order chi connectivity index (χ0) is 12.8. The number of rotatable bonds is 3. The van der Waals surface area contributed by atoms with Crippen molar-refractivity contribution in [2.24, 2.45) is 5.10 Å². The molecule has 0 saturated carbocycles. The third kappa shape index (κ3) is 3.21. The molecule has 18 heavy (non-hydrogen) atoms. The summed E-state index contributed by atoms with van der Waals surface area (Å²) in [6, 6.07) is 7.69. The predicted molar refractivity (Wildman–Crippen MR) is 76.5 cm³/mol. The molecule has 0 aliphatic carbocycles. The lowest BCUT2D eigenvalue weighted by Gasteiger charge is -2.02. The number of fused-ring (bicyclic) bond motifs is 1. The molecular weight excluding hydrogens is 246 g/mol. The Morgan fingerprint density at radius 3 is 2.94 bits per heavy atom. The van der Waals surface area contributed by atoms with Gasteiger partial charge < -0.3 is 5.32 Å². The van der Waals surface area contributed by atoms with E-state index in [2.05, 4.69) is 25.8 Å². The van der Waals surface area contributed by atoms with Crippen LogP contribution in [0.5, 0.6) is 0 Å². The lowest BCUT2D eigenvalue weighted by atomic mass is 10.3. The van der Waals surface area contributed by atoms with Gasteiger partial charge in [0.1, 0.15) is 5.69 Å². The number of hydrogen-bond donors (Lipinski definition) is 2. The molecule has 0 spiro atoms. The Hall–Kier alpha value is -2.08. The third-order valence-corrected chi connectivity index (χ3v) is 2.40. The molecule has 0 amide bonds. The van der Waals surface area contributed by atoms with E-state index in [1.165, 1.54) is 0 Å². The van der Waals surface area contributed by atoms with Gasteiger partial charge in [-0.15, -0.1) is 0 Å². The van der Waals surface area contributed by atoms with Crippen molar-refractivity contribution in [2.45, 2.75) is 6.92 Å². The molecule has 0 unspecified atom stereocenters. The molecule has 0 aliphatic heterocycles. The van der Waals surface area contributed by atoms with E-state index in [4.69, 9.17) is 12.2 Å². The summed E-state index contributed by atoms with van der Waals surface area (Å²) in [7, 11) is 0. The van der Waals surface area contributed by atoms with Gasteiger partial charge in [0.2, 0.25) is 0 Å². The highest BCUT2D eigenvalue weighted by Gasteiger charge is 1.96. The fourth-order valence-electron chi connectivity index (χ4n) is 1.39. The minimum absolute atomic E-state index is 0.488. The van der Waals surface area contributed by atoms with Crippen molar-refractivity contribution in [1.29, 1.82) is 0 Å². The highest BCUT2D eigenvalue weighted by atomic mass is 32.1. The van der Waals surface area contributed by atoms with Crippen LogP contribution in [-0.2, 0) is 0 Å². The Labute approximate surface area is 110 Å². The third-order valence-electron chi connectivity index (χ3n) is 2.17. The van der Waals surface area contributed by atoms with Crippen LogP contribution in [0, 0.1) is 0 Å². The molecule has 1 heterocycles. The standard InChI is InChI=1S/C12H13N5S/c1-2-13-12(18)17-15-8-9-7-14-10-5-3-4-6-11(10)16-9/h3-8H,2H2,1H3,(H2,13,17,18)/b15-8-. The first-order valence-corrected chi connectivity index (χ1v) is 5.99. The summed E-state index contributed by atoms with van der Waals surface area (Å²) < 4.78 is 0. The molecule has 2 rings (SSSR count). The molecular formula is C12H13N5S. The topological polar surface area (TPSA) is 62.2 Å². The van der Waals surface area contributed by atoms with Crippen LogP contribution in [0.15, 0.2) is 35.6 Å². The Balaban J connectivity index is 2.07. The van der Waals surface area contributed by atoms with Gasteiger partial charge in [-0.3, -0.25) is 10.4 Å². The SMILES string of the molecule is CCNC(=S)N/N=C\c1cnc2ccccc2n1. The minimum Gasteiger partial charge on any atom is -0.362 e. The fourth-order valence-corrected chi connectivity index (χ4v) is 1.59. The van der Waals surface area contributed by atoms with Crippen LogP contribution in [0.25, 0.3) is 11.0 Å². The van der Waals surface area contributed by atoms with Gasteiger partial charge >= 0.3 is 0 Å². The number of nitrogens with zero attached hydrogens (tertiary/aromatic N) is 3. The van der Waals surface area contributed by atoms with Crippen molar-refractivity contribution in [3.05, 3.63) is 36.2 Å². The summed E-state index contributed by atoms with van der Waals surface area (Å²) in [5.74, 6) is 0. The van der Waals surface area contributed by atoms with Crippen molar-refractivity contribution in [3.63, 3.8) is 0 Å². The first-order valence-electron chi connectivity index (χ1n) is 5.58. The molecule has 0 bridgehead atoms. The van der Waals surface area contributed by atoms with E-state index in [9.17, 15) is 0 Å². The van der Waals surface area contributed by atoms with E-state index in [-0.39, 0.29) is 0 Å². The lowest BCUT2D eigenvalue weighted by molar-refractivity contribution is 0.903. The quantitative estimate of drug-likeness (QED) is 0.496. The average molecular weight is 259 g/mol. The van der Waals surface area contributed by atoms with Crippen LogP contribution < -0.4 is 10.7 Å². The molecule has 0 aliphatic rings. The molecule has 92 valence electrons. The van der Waals surface area contributed by atoms with Gasteiger partial charge in [-0.1, -0.05) is 12.1 Å². The number of hydrogen-bond acceptors (Lipinski definition) is 4. The van der Waals surface area contributed by atoms with Crippen molar-refractivity contribution < 1.29 is 0 Å². The van der Waals surface area contributed by atoms with Gasteiger partial charge in [-0.25, -0.2) is 4.98 Å². The number of thiocarbonyl (C=S) groups is 1. The van der Waals surface area contributed by atoms with Crippen molar-refractivity contribution in [3.8, 4) is 0 Å². The summed E-state index contributed by atoms with van der Waals surface area (Å²) in [4.78, 5) is 8.69. The van der Waals surface area contributed by atoms with Crippen molar-refractivity contribution >= 4 is 34.6 Å². The van der Waals surface area contributed by atoms with E-state index in [0.29, 0.717) is 10.8 Å². The summed E-state index contributed by atoms with van der Waals surface area (Å²) in [6.07, 6.45) is 3.26. The molecule has 2 aromatic rings. The maximum Gasteiger partial charge on any atom is 0.186 e. The van der Waals surface area contributed by atoms with Crippen molar-refractivity contribution in [1.82, 2.24) is 20.7 Å². The van der Waals surface area contributed by atoms with E-state index in [1.54, 1.807) is 12.4 Å². The zero-order valence-corrected chi connectivity index (χ0v) is 10.7. The highest BCUT2D eigenvalue weighted by molar-refractivity contribution is 7.80. The van der Waals surface area contributed by atoms with Crippen LogP contribution in [-0.4, -0.2) is 27.8 Å². The molecule has 0 fully saturated rings. The highest BCUT2D eigenvalue weighted by Crippen LogP contribution is 2.07. The van der Waals surface area contributed by atoms with Crippen LogP contribution in [0.3, 0.4) is 0 Å². The van der Waals surface area contributed by atoms with E-state index in [1.807, 2.05) is 31.2 Å². The van der Waals surface area contributed by atoms with E-state index in [0.717, 1.165) is 17.6 Å². The normalized spacial score (nSPS) is 10.7. The van der Waals surface area contributed by atoms with Crippen LogP contribution in [0.2, 0.25) is 0 Å². The summed E-state index contributed by atoms with van der Waals surface area (Å²) >= 11 is 4.97. The Morgan fingerprint density at radius 2 is 2.17 bits per heavy atom. The molecule has 6 heteroatoms. The van der Waals surface area contributed by atoms with Gasteiger partial charge in [0.15, 0.2) is 5.11 Å². The van der Waals surface area contributed by atoms with Crippen LogP contribution in [0.4, 0.5) is 0 Å². The monoisotopic (exact) mass is 259 g/mol. The second kappa shape index (κ2) is 6.02. The molecule has 5 nitrogen and oxygen atoms in total. The molecule has 0 saturated heterocycles. The molecule has 2 N–H and O–H groups in total. The number of aromatic nitrogens is 2. The van der Waals surface area contributed by atoms with Gasteiger partial charge in [0.05, 0.1) is 23.4 Å². The second-order valence-electron chi connectivity index (χ2n) is 3.51. The lowest BCUT2D eigenvalue weighted by Crippen LogP contribution is -2.31. The summed E-state index contributed by atoms with van der Waals surface area (Å²) in [5, 5.41) is 7.41.